The van der Waals surface area contributed by atoms with Crippen molar-refractivity contribution in [2.24, 2.45) is 12.9 Å². The van der Waals surface area contributed by atoms with Crippen LogP contribution in [0, 0.1) is 5.82 Å². The normalized spacial score (nSPS) is 12.7. The highest BCUT2D eigenvalue weighted by Gasteiger charge is 2.17. The van der Waals surface area contributed by atoms with E-state index in [9.17, 15) is 4.39 Å². The van der Waals surface area contributed by atoms with E-state index in [1.54, 1.807) is 18.5 Å². The molecule has 0 saturated carbocycles. The third-order valence-electron chi connectivity index (χ3n) is 2.75. The van der Waals surface area contributed by atoms with Gasteiger partial charge in [-0.05, 0) is 18.6 Å². The minimum atomic E-state index is -0.335. The second-order valence-electron chi connectivity index (χ2n) is 4.09. The Morgan fingerprint density at radius 3 is 2.89 bits per heavy atom. The van der Waals surface area contributed by atoms with Crippen molar-refractivity contribution in [1.29, 1.82) is 0 Å². The molecule has 1 heterocycles. The monoisotopic (exact) mass is 268 g/mol. The number of nitrogens with two attached hydrogens (primary N) is 1. The van der Waals surface area contributed by atoms with Crippen molar-refractivity contribution in [1.82, 2.24) is 15.0 Å². The molecule has 1 aromatic heterocycles. The van der Waals surface area contributed by atoms with E-state index in [1.807, 2.05) is 17.8 Å². The molecule has 4 nitrogen and oxygen atoms in total. The highest BCUT2D eigenvalue weighted by Crippen LogP contribution is 2.24. The zero-order valence-electron chi connectivity index (χ0n) is 9.90. The Balaban J connectivity index is 2.26. The molecule has 18 heavy (non-hydrogen) atoms. The molecule has 0 aliphatic rings. The summed E-state index contributed by atoms with van der Waals surface area (Å²) < 4.78 is 15.5. The predicted molar refractivity (Wildman–Crippen MR) is 68.4 cm³/mol. The van der Waals surface area contributed by atoms with Crippen LogP contribution in [0.2, 0.25) is 5.02 Å². The molecule has 6 heteroatoms. The van der Waals surface area contributed by atoms with Crippen LogP contribution in [-0.4, -0.2) is 9.55 Å². The lowest BCUT2D eigenvalue weighted by atomic mass is 10.0. The zero-order valence-corrected chi connectivity index (χ0v) is 10.7. The average molecular weight is 269 g/mol. The summed E-state index contributed by atoms with van der Waals surface area (Å²) in [6.45, 7) is 0. The van der Waals surface area contributed by atoms with Crippen molar-refractivity contribution in [3.8, 4) is 0 Å². The summed E-state index contributed by atoms with van der Waals surface area (Å²) in [5.41, 5.74) is 3.82. The number of aryl methyl sites for hydroxylation is 1. The van der Waals surface area contributed by atoms with Crippen LogP contribution in [0.15, 0.2) is 30.7 Å². The molecular formula is C12H14ClFN4. The number of nitrogens with one attached hydrogen (secondary N) is 1. The lowest BCUT2D eigenvalue weighted by Crippen LogP contribution is -2.30. The van der Waals surface area contributed by atoms with Gasteiger partial charge in [-0.25, -0.2) is 9.37 Å². The summed E-state index contributed by atoms with van der Waals surface area (Å²) in [7, 11) is 1.86. The van der Waals surface area contributed by atoms with E-state index < -0.39 is 0 Å². The molecule has 0 amide bonds. The number of imidazole rings is 1. The van der Waals surface area contributed by atoms with Crippen molar-refractivity contribution in [2.45, 2.75) is 12.5 Å². The van der Waals surface area contributed by atoms with Crippen LogP contribution in [0.4, 0.5) is 4.39 Å². The van der Waals surface area contributed by atoms with Gasteiger partial charge < -0.3 is 4.57 Å². The average Bonchev–Trinajstić information content (AvgIpc) is 2.76. The van der Waals surface area contributed by atoms with E-state index in [4.69, 9.17) is 17.4 Å². The Kier molecular flexibility index (Phi) is 3.96. The number of benzene rings is 1. The maximum Gasteiger partial charge on any atom is 0.127 e. The molecule has 0 aliphatic carbocycles. The number of hydrogen-bond donors (Lipinski definition) is 2. The Bertz CT molecular complexity index is 520. The minimum Gasteiger partial charge on any atom is -0.340 e. The van der Waals surface area contributed by atoms with Crippen LogP contribution in [0.3, 0.4) is 0 Å². The van der Waals surface area contributed by atoms with Gasteiger partial charge in [0.05, 0.1) is 18.1 Å². The second-order valence-corrected chi connectivity index (χ2v) is 4.49. The molecule has 96 valence electrons. The van der Waals surface area contributed by atoms with Crippen LogP contribution in [0.5, 0.6) is 0 Å². The minimum absolute atomic E-state index is 0.277. The standard InChI is InChI=1S/C12H14ClFN4/c1-18-6-12(16-7-18)11(17-15)5-8-9(13)3-2-4-10(8)14/h2-4,6-7,11,17H,5,15H2,1H3. The Morgan fingerprint density at radius 2 is 2.33 bits per heavy atom. The maximum atomic E-state index is 13.7. The molecule has 0 spiro atoms. The van der Waals surface area contributed by atoms with E-state index in [0.717, 1.165) is 5.69 Å². The van der Waals surface area contributed by atoms with Crippen molar-refractivity contribution >= 4 is 11.6 Å². The smallest absolute Gasteiger partial charge is 0.127 e. The third-order valence-corrected chi connectivity index (χ3v) is 3.11. The Labute approximate surface area is 110 Å². The molecule has 1 aromatic carbocycles. The van der Waals surface area contributed by atoms with Gasteiger partial charge in [-0.2, -0.15) is 0 Å². The fourth-order valence-electron chi connectivity index (χ4n) is 1.79. The first-order valence-electron chi connectivity index (χ1n) is 5.48. The van der Waals surface area contributed by atoms with E-state index >= 15 is 0 Å². The van der Waals surface area contributed by atoms with Crippen molar-refractivity contribution in [3.05, 3.63) is 52.8 Å². The van der Waals surface area contributed by atoms with Crippen LogP contribution >= 0.6 is 11.6 Å². The summed E-state index contributed by atoms with van der Waals surface area (Å²) in [6, 6.07) is 4.34. The fourth-order valence-corrected chi connectivity index (χ4v) is 2.03. The highest BCUT2D eigenvalue weighted by atomic mass is 35.5. The lowest BCUT2D eigenvalue weighted by molar-refractivity contribution is 0.520. The number of rotatable bonds is 4. The van der Waals surface area contributed by atoms with Gasteiger partial charge >= 0.3 is 0 Å². The van der Waals surface area contributed by atoms with Gasteiger partial charge in [0.1, 0.15) is 5.82 Å². The largest absolute Gasteiger partial charge is 0.340 e. The van der Waals surface area contributed by atoms with E-state index in [-0.39, 0.29) is 11.9 Å². The van der Waals surface area contributed by atoms with Crippen molar-refractivity contribution < 1.29 is 4.39 Å². The predicted octanol–water partition coefficient (Wildman–Crippen LogP) is 1.96. The van der Waals surface area contributed by atoms with E-state index in [2.05, 4.69) is 10.4 Å². The summed E-state index contributed by atoms with van der Waals surface area (Å²) in [6.07, 6.45) is 3.85. The first-order valence-corrected chi connectivity index (χ1v) is 5.86. The highest BCUT2D eigenvalue weighted by molar-refractivity contribution is 6.31. The topological polar surface area (TPSA) is 55.9 Å². The first-order chi connectivity index (χ1) is 8.61. The van der Waals surface area contributed by atoms with E-state index in [1.165, 1.54) is 6.07 Å². The van der Waals surface area contributed by atoms with Gasteiger partial charge in [0.2, 0.25) is 0 Å². The second kappa shape index (κ2) is 5.48. The summed E-state index contributed by atoms with van der Waals surface area (Å²) in [5, 5.41) is 0.395. The van der Waals surface area contributed by atoms with Crippen LogP contribution in [-0.2, 0) is 13.5 Å². The molecule has 2 aromatic rings. The summed E-state index contributed by atoms with van der Waals surface area (Å²) >= 11 is 5.99. The van der Waals surface area contributed by atoms with Crippen LogP contribution in [0.1, 0.15) is 17.3 Å². The fraction of sp³-hybridized carbons (Fsp3) is 0.250. The molecule has 2 rings (SSSR count). The molecule has 1 unspecified atom stereocenters. The van der Waals surface area contributed by atoms with Gasteiger partial charge in [0, 0.05) is 23.8 Å². The third kappa shape index (κ3) is 2.69. The first kappa shape index (κ1) is 13.0. The molecular weight excluding hydrogens is 255 g/mol. The molecule has 0 radical (unpaired) electrons. The number of halogens is 2. The molecule has 0 aliphatic heterocycles. The maximum absolute atomic E-state index is 13.7. The summed E-state index contributed by atoms with van der Waals surface area (Å²) in [5.74, 6) is 5.16. The Hall–Kier alpha value is -1.43. The van der Waals surface area contributed by atoms with Gasteiger partial charge in [-0.1, -0.05) is 17.7 Å². The SMILES string of the molecule is Cn1cnc(C(Cc2c(F)cccc2Cl)NN)c1. The molecule has 0 saturated heterocycles. The summed E-state index contributed by atoms with van der Waals surface area (Å²) in [4.78, 5) is 4.20. The number of nitrogens with zero attached hydrogens (tertiary/aromatic N) is 2. The quantitative estimate of drug-likeness (QED) is 0.658. The van der Waals surface area contributed by atoms with Crippen LogP contribution in [0.25, 0.3) is 0 Å². The van der Waals surface area contributed by atoms with Gasteiger partial charge in [-0.15, -0.1) is 0 Å². The van der Waals surface area contributed by atoms with Crippen molar-refractivity contribution in [3.63, 3.8) is 0 Å². The van der Waals surface area contributed by atoms with Gasteiger partial charge in [-0.3, -0.25) is 11.3 Å². The van der Waals surface area contributed by atoms with Crippen molar-refractivity contribution in [2.75, 3.05) is 0 Å². The van der Waals surface area contributed by atoms with Gasteiger partial charge in [0.15, 0.2) is 0 Å². The number of aromatic nitrogens is 2. The molecule has 1 atom stereocenters. The van der Waals surface area contributed by atoms with Gasteiger partial charge in [0.25, 0.3) is 0 Å². The number of hydrogen-bond acceptors (Lipinski definition) is 3. The zero-order chi connectivity index (χ0) is 13.1. The Morgan fingerprint density at radius 1 is 1.56 bits per heavy atom. The molecule has 0 fully saturated rings. The van der Waals surface area contributed by atoms with E-state index in [0.29, 0.717) is 17.0 Å². The number of hydrazine groups is 1. The van der Waals surface area contributed by atoms with Crippen LogP contribution < -0.4 is 11.3 Å². The molecule has 3 N–H and O–H groups in total. The molecule has 0 bridgehead atoms. The lowest BCUT2D eigenvalue weighted by Gasteiger charge is -2.15.